The number of carbonyl (C=O) groups is 3. The third-order valence-corrected chi connectivity index (χ3v) is 6.78. The van der Waals surface area contributed by atoms with Crippen molar-refractivity contribution in [3.8, 4) is 0 Å². The summed E-state index contributed by atoms with van der Waals surface area (Å²) >= 11 is 2.59. The van der Waals surface area contributed by atoms with Crippen LogP contribution in [-0.4, -0.2) is 33.4 Å². The van der Waals surface area contributed by atoms with Crippen molar-refractivity contribution in [1.82, 2.24) is 10.3 Å². The number of amides is 3. The van der Waals surface area contributed by atoms with E-state index in [1.54, 1.807) is 72.2 Å². The van der Waals surface area contributed by atoms with Crippen LogP contribution in [0.15, 0.2) is 101 Å². The number of nitrogens with zero attached hydrogens (tertiary/aromatic N) is 2. The molecular formula is C27H21N5O5S2. The van der Waals surface area contributed by atoms with Gasteiger partial charge in [-0.05, 0) is 42.5 Å². The zero-order chi connectivity index (χ0) is 27.6. The Kier molecular flexibility index (Phi) is 9.16. The second-order valence-corrected chi connectivity index (χ2v) is 9.79. The van der Waals surface area contributed by atoms with Crippen LogP contribution in [0.2, 0.25) is 0 Å². The number of para-hydroxylation sites is 1. The molecule has 0 radical (unpaired) electrons. The molecule has 10 nitrogen and oxygen atoms in total. The van der Waals surface area contributed by atoms with E-state index in [0.717, 1.165) is 4.90 Å². The number of nitro benzene ring substituents is 1. The summed E-state index contributed by atoms with van der Waals surface area (Å²) in [6.45, 7) is 0. The van der Waals surface area contributed by atoms with E-state index >= 15 is 0 Å². The quantitative estimate of drug-likeness (QED) is 0.105. The summed E-state index contributed by atoms with van der Waals surface area (Å²) < 4.78 is 0. The van der Waals surface area contributed by atoms with Crippen molar-refractivity contribution >= 4 is 63.4 Å². The molecule has 3 amide bonds. The third kappa shape index (κ3) is 7.84. The van der Waals surface area contributed by atoms with E-state index in [1.807, 2.05) is 0 Å². The van der Waals surface area contributed by atoms with E-state index < -0.39 is 16.7 Å². The molecule has 12 heteroatoms. The fourth-order valence-corrected chi connectivity index (χ4v) is 4.63. The van der Waals surface area contributed by atoms with Crippen LogP contribution in [0, 0.1) is 10.1 Å². The lowest BCUT2D eigenvalue weighted by atomic mass is 10.1. The van der Waals surface area contributed by atoms with Crippen LogP contribution in [0.25, 0.3) is 6.08 Å². The van der Waals surface area contributed by atoms with Crippen LogP contribution in [0.1, 0.15) is 15.9 Å². The Morgan fingerprint density at radius 2 is 1.74 bits per heavy atom. The summed E-state index contributed by atoms with van der Waals surface area (Å²) in [6.07, 6.45) is 2.86. The van der Waals surface area contributed by atoms with Gasteiger partial charge < -0.3 is 16.0 Å². The first kappa shape index (κ1) is 27.2. The molecule has 0 atom stereocenters. The highest BCUT2D eigenvalue weighted by Crippen LogP contribution is 2.24. The van der Waals surface area contributed by atoms with Crippen molar-refractivity contribution in [3.63, 3.8) is 0 Å². The van der Waals surface area contributed by atoms with Crippen molar-refractivity contribution in [3.05, 3.63) is 117 Å². The molecule has 4 aromatic rings. The molecule has 0 aliphatic heterocycles. The van der Waals surface area contributed by atoms with E-state index in [4.69, 9.17) is 0 Å². The van der Waals surface area contributed by atoms with Crippen LogP contribution in [0.4, 0.5) is 16.5 Å². The van der Waals surface area contributed by atoms with Crippen molar-refractivity contribution in [2.75, 3.05) is 16.4 Å². The molecule has 0 spiro atoms. The van der Waals surface area contributed by atoms with E-state index in [-0.39, 0.29) is 28.6 Å². The van der Waals surface area contributed by atoms with Gasteiger partial charge in [0.1, 0.15) is 5.70 Å². The first-order chi connectivity index (χ1) is 18.9. The van der Waals surface area contributed by atoms with Gasteiger partial charge in [0.15, 0.2) is 5.13 Å². The predicted molar refractivity (Wildman–Crippen MR) is 152 cm³/mol. The van der Waals surface area contributed by atoms with Gasteiger partial charge in [0.2, 0.25) is 5.91 Å². The van der Waals surface area contributed by atoms with E-state index in [1.165, 1.54) is 47.4 Å². The monoisotopic (exact) mass is 559 g/mol. The predicted octanol–water partition coefficient (Wildman–Crippen LogP) is 5.19. The SMILES string of the molecule is O=C(CSc1cccc(NC(=O)/C(=C\c2ccccc2[N+](=O)[O-])NC(=O)c2ccccc2)c1)Nc1nccs1. The van der Waals surface area contributed by atoms with Crippen molar-refractivity contribution in [2.45, 2.75) is 4.90 Å². The lowest BCUT2D eigenvalue weighted by Crippen LogP contribution is -2.30. The third-order valence-electron chi connectivity index (χ3n) is 5.10. The van der Waals surface area contributed by atoms with Gasteiger partial charge in [0, 0.05) is 33.8 Å². The normalized spacial score (nSPS) is 10.9. The molecule has 0 bridgehead atoms. The van der Waals surface area contributed by atoms with Crippen molar-refractivity contribution in [2.24, 2.45) is 0 Å². The molecule has 0 saturated heterocycles. The molecule has 39 heavy (non-hydrogen) atoms. The maximum absolute atomic E-state index is 13.3. The Labute approximate surface area is 231 Å². The largest absolute Gasteiger partial charge is 0.321 e. The highest BCUT2D eigenvalue weighted by Gasteiger charge is 2.18. The summed E-state index contributed by atoms with van der Waals surface area (Å²) in [6, 6.07) is 21.0. The van der Waals surface area contributed by atoms with Crippen LogP contribution in [0.5, 0.6) is 0 Å². The van der Waals surface area contributed by atoms with Crippen LogP contribution >= 0.6 is 23.1 Å². The van der Waals surface area contributed by atoms with Crippen molar-refractivity contribution < 1.29 is 19.3 Å². The molecule has 0 aliphatic rings. The van der Waals surface area contributed by atoms with Gasteiger partial charge in [-0.3, -0.25) is 24.5 Å². The minimum atomic E-state index is -0.680. The van der Waals surface area contributed by atoms with Gasteiger partial charge in [-0.25, -0.2) is 4.98 Å². The standard InChI is InChI=1S/C27H21N5O5S2/c33-24(31-27-28-13-14-38-27)17-39-21-11-6-10-20(16-21)29-26(35)22(30-25(34)18-7-2-1-3-8-18)15-19-9-4-5-12-23(19)32(36)37/h1-16H,17H2,(H,29,35)(H,30,34)(H,28,31,33)/b22-15+. The van der Waals surface area contributed by atoms with Gasteiger partial charge in [-0.15, -0.1) is 23.1 Å². The molecule has 0 aliphatic carbocycles. The number of nitro groups is 1. The fraction of sp³-hybridized carbons (Fsp3) is 0.0370. The Bertz CT molecular complexity index is 1520. The van der Waals surface area contributed by atoms with Crippen LogP contribution in [-0.2, 0) is 9.59 Å². The summed E-state index contributed by atoms with van der Waals surface area (Å²) in [4.78, 5) is 54.0. The molecule has 1 heterocycles. The zero-order valence-electron chi connectivity index (χ0n) is 20.2. The minimum Gasteiger partial charge on any atom is -0.321 e. The van der Waals surface area contributed by atoms with Crippen LogP contribution < -0.4 is 16.0 Å². The summed E-state index contributed by atoms with van der Waals surface area (Å²) in [7, 11) is 0. The van der Waals surface area contributed by atoms with Gasteiger partial charge >= 0.3 is 0 Å². The number of hydrogen-bond donors (Lipinski definition) is 3. The summed E-state index contributed by atoms with van der Waals surface area (Å²) in [5.41, 5.74) is 0.475. The minimum absolute atomic E-state index is 0.132. The van der Waals surface area contributed by atoms with E-state index in [2.05, 4.69) is 20.9 Å². The molecule has 0 saturated carbocycles. The average Bonchev–Trinajstić information content (AvgIpc) is 3.45. The molecule has 3 aromatic carbocycles. The number of anilines is 2. The lowest BCUT2D eigenvalue weighted by Gasteiger charge is -2.12. The number of thioether (sulfide) groups is 1. The number of rotatable bonds is 10. The first-order valence-corrected chi connectivity index (χ1v) is 13.3. The van der Waals surface area contributed by atoms with Gasteiger partial charge in [-0.2, -0.15) is 0 Å². The van der Waals surface area contributed by atoms with Crippen LogP contribution in [0.3, 0.4) is 0 Å². The molecular weight excluding hydrogens is 538 g/mol. The fourth-order valence-electron chi connectivity index (χ4n) is 3.33. The molecule has 196 valence electrons. The molecule has 3 N–H and O–H groups in total. The number of benzene rings is 3. The number of carbonyl (C=O) groups excluding carboxylic acids is 3. The Morgan fingerprint density at radius 1 is 0.974 bits per heavy atom. The first-order valence-electron chi connectivity index (χ1n) is 11.4. The second-order valence-electron chi connectivity index (χ2n) is 7.85. The zero-order valence-corrected chi connectivity index (χ0v) is 21.8. The van der Waals surface area contributed by atoms with Crippen molar-refractivity contribution in [1.29, 1.82) is 0 Å². The second kappa shape index (κ2) is 13.1. The highest BCUT2D eigenvalue weighted by atomic mass is 32.2. The maximum atomic E-state index is 13.3. The van der Waals surface area contributed by atoms with Gasteiger partial charge in [0.05, 0.1) is 16.2 Å². The Morgan fingerprint density at radius 3 is 2.49 bits per heavy atom. The number of nitrogens with one attached hydrogen (secondary N) is 3. The number of aromatic nitrogens is 1. The topological polar surface area (TPSA) is 143 Å². The number of hydrogen-bond acceptors (Lipinski definition) is 8. The molecule has 0 unspecified atom stereocenters. The molecule has 4 rings (SSSR count). The smallest absolute Gasteiger partial charge is 0.276 e. The Hall–Kier alpha value is -4.81. The van der Waals surface area contributed by atoms with E-state index in [0.29, 0.717) is 16.4 Å². The van der Waals surface area contributed by atoms with E-state index in [9.17, 15) is 24.5 Å². The molecule has 1 aromatic heterocycles. The Balaban J connectivity index is 1.52. The highest BCUT2D eigenvalue weighted by molar-refractivity contribution is 8.00. The molecule has 0 fully saturated rings. The number of thiazole rings is 1. The summed E-state index contributed by atoms with van der Waals surface area (Å²) in [5.74, 6) is -1.32. The average molecular weight is 560 g/mol. The lowest BCUT2D eigenvalue weighted by molar-refractivity contribution is -0.385. The van der Waals surface area contributed by atoms with Gasteiger partial charge in [0.25, 0.3) is 17.5 Å². The van der Waals surface area contributed by atoms with Gasteiger partial charge in [-0.1, -0.05) is 36.4 Å². The summed E-state index contributed by atoms with van der Waals surface area (Å²) in [5, 5.41) is 21.8. The maximum Gasteiger partial charge on any atom is 0.276 e.